The van der Waals surface area contributed by atoms with Crippen LogP contribution in [-0.4, -0.2) is 145 Å². The van der Waals surface area contributed by atoms with E-state index in [2.05, 4.69) is 73.1 Å². The third-order valence-corrected chi connectivity index (χ3v) is 21.4. The monoisotopic (exact) mass is 1330 g/mol. The standard InChI is InChI=1S/C70H95N9O15Si/c1-46(2)95(47(3)4,48(5)6)94-54-35-32-50(33-36-54)40-53(34-37-59(81)92-69(7,8)9)74-61(83)56(41-49-24-16-13-17-25-49)76-63(85)60(82)55(75-62(84)58-31-23-38-78(58)64(86)57(73-45-80)42-72-66(87)93-70(10,11)12)30-22-39-79(68(89)91-44-52-28-20-15-21-29-52)65(71)77-67(88)90-43-51-26-18-14-19-27-51/h13-21,24-29,32-37,40,45-48,55-58,60,82H,22-23,30-31,38-39,41-44H2,1-12H3,(H,72,87)(H,73,80)(H,74,83)(H,75,84)(H,76,85)(H2,71,77,88)/b37-34+,53-40-/t55-,56+,57-,58-,60?/m0/s1. The normalized spacial score (nSPS) is 15.0. The highest BCUT2D eigenvalue weighted by Crippen LogP contribution is 2.43. The Morgan fingerprint density at radius 1 is 0.716 bits per heavy atom. The zero-order chi connectivity index (χ0) is 70.0. The van der Waals surface area contributed by atoms with Crippen LogP contribution in [0.15, 0.2) is 138 Å². The second-order valence-corrected chi connectivity index (χ2v) is 31.4. The molecule has 25 heteroatoms. The number of benzene rings is 4. The third kappa shape index (κ3) is 24.8. The molecule has 0 radical (unpaired) electrons. The fourth-order valence-electron chi connectivity index (χ4n) is 11.1. The summed E-state index contributed by atoms with van der Waals surface area (Å²) in [6, 6.07) is 27.9. The number of aliphatic hydroxyl groups excluding tert-OH is 1. The SMILES string of the molecule is CC(C)[Si](Oc1ccc(/C=C(/C=C/C(=O)OC(C)(C)C)NC(=O)[C@@H](Cc2ccccc2)NC(=O)C(O)[C@H](CCCN(C(=O)OCc2ccccc2)/C(N)=N/C(=O)OCc2ccccc2)NC(=O)[C@@H]2CCCN2C(=O)[C@H](CNC(=O)OC(C)(C)C)NC=O)cc1)(C(C)C)C(C)C. The molecule has 1 heterocycles. The number of likely N-dealkylation sites (tertiary alicyclic amines) is 1. The summed E-state index contributed by atoms with van der Waals surface area (Å²) in [5.41, 5.74) is 8.13. The summed E-state index contributed by atoms with van der Waals surface area (Å²) in [4.78, 5) is 129. The minimum absolute atomic E-state index is 0.0386. The molecule has 1 fully saturated rings. The first-order valence-electron chi connectivity index (χ1n) is 31.9. The Morgan fingerprint density at radius 2 is 1.27 bits per heavy atom. The number of nitrogens with zero attached hydrogens (tertiary/aromatic N) is 3. The van der Waals surface area contributed by atoms with Gasteiger partial charge in [-0.25, -0.2) is 24.1 Å². The first-order valence-corrected chi connectivity index (χ1v) is 34.1. The number of nitrogens with two attached hydrogens (primary N) is 1. The molecule has 95 heavy (non-hydrogen) atoms. The lowest BCUT2D eigenvalue weighted by Crippen LogP contribution is -2.59. The van der Waals surface area contributed by atoms with Crippen molar-refractivity contribution in [2.24, 2.45) is 10.7 Å². The van der Waals surface area contributed by atoms with E-state index < -0.39 is 110 Å². The van der Waals surface area contributed by atoms with E-state index in [0.29, 0.717) is 51.0 Å². The smallest absolute Gasteiger partial charge is 0.437 e. The molecule has 4 aromatic carbocycles. The lowest BCUT2D eigenvalue weighted by molar-refractivity contribution is -0.148. The minimum Gasteiger partial charge on any atom is -0.543 e. The van der Waals surface area contributed by atoms with Crippen LogP contribution in [0.1, 0.15) is 131 Å². The molecule has 1 aliphatic rings. The van der Waals surface area contributed by atoms with Gasteiger partial charge < -0.3 is 65.7 Å². The molecule has 1 saturated heterocycles. The predicted octanol–water partition coefficient (Wildman–Crippen LogP) is 8.87. The average Bonchev–Trinajstić information content (AvgIpc) is 0.929. The Morgan fingerprint density at radius 3 is 1.82 bits per heavy atom. The van der Waals surface area contributed by atoms with Crippen LogP contribution >= 0.6 is 0 Å². The summed E-state index contributed by atoms with van der Waals surface area (Å²) in [6.07, 6.45) is -1.00. The fourth-order valence-corrected chi connectivity index (χ4v) is 16.3. The zero-order valence-corrected chi connectivity index (χ0v) is 57.6. The molecule has 0 aliphatic carbocycles. The lowest BCUT2D eigenvalue weighted by atomic mass is 10.0. The van der Waals surface area contributed by atoms with Crippen LogP contribution in [0, 0.1) is 0 Å². The van der Waals surface area contributed by atoms with Gasteiger partial charge in [-0.05, 0) is 130 Å². The van der Waals surface area contributed by atoms with Crippen molar-refractivity contribution in [2.75, 3.05) is 19.6 Å². The Hall–Kier alpha value is -9.36. The van der Waals surface area contributed by atoms with Crippen LogP contribution < -0.4 is 36.7 Å². The van der Waals surface area contributed by atoms with Gasteiger partial charge >= 0.3 is 24.2 Å². The van der Waals surface area contributed by atoms with Gasteiger partial charge in [0.1, 0.15) is 48.3 Å². The number of rotatable bonds is 30. The number of carbonyl (C=O) groups excluding carboxylic acids is 9. The molecule has 8 amide bonds. The van der Waals surface area contributed by atoms with E-state index in [-0.39, 0.29) is 64.1 Å². The topological polar surface area (TPSA) is 325 Å². The number of hydrogen-bond donors (Lipinski definition) is 7. The van der Waals surface area contributed by atoms with Gasteiger partial charge in [-0.2, -0.15) is 0 Å². The maximum Gasteiger partial charge on any atom is 0.437 e. The van der Waals surface area contributed by atoms with Crippen molar-refractivity contribution in [1.29, 1.82) is 0 Å². The van der Waals surface area contributed by atoms with E-state index >= 15 is 0 Å². The van der Waals surface area contributed by atoms with Crippen molar-refractivity contribution in [2.45, 2.75) is 186 Å². The van der Waals surface area contributed by atoms with Gasteiger partial charge in [0.25, 0.3) is 14.2 Å². The van der Waals surface area contributed by atoms with Gasteiger partial charge in [-0.1, -0.05) is 145 Å². The van der Waals surface area contributed by atoms with Gasteiger partial charge in [-0.15, -0.1) is 4.99 Å². The highest BCUT2D eigenvalue weighted by atomic mass is 28.4. The number of esters is 1. The van der Waals surface area contributed by atoms with Crippen LogP contribution in [-0.2, 0) is 67.3 Å². The van der Waals surface area contributed by atoms with E-state index in [4.69, 9.17) is 29.1 Å². The van der Waals surface area contributed by atoms with Crippen LogP contribution in [0.5, 0.6) is 5.75 Å². The van der Waals surface area contributed by atoms with Crippen molar-refractivity contribution >= 4 is 74.6 Å². The fraction of sp³-hybridized carbons (Fsp3) is 0.457. The minimum atomic E-state index is -2.34. The molecule has 5 rings (SSSR count). The zero-order valence-electron chi connectivity index (χ0n) is 56.6. The van der Waals surface area contributed by atoms with E-state index in [9.17, 15) is 48.3 Å². The number of nitrogens with one attached hydrogen (secondary N) is 5. The van der Waals surface area contributed by atoms with Crippen LogP contribution in [0.25, 0.3) is 6.08 Å². The van der Waals surface area contributed by atoms with Crippen molar-refractivity contribution < 1.29 is 71.6 Å². The highest BCUT2D eigenvalue weighted by Gasteiger charge is 2.47. The first kappa shape index (κ1) is 76.3. The molecule has 0 bridgehead atoms. The number of guanidine groups is 1. The Balaban J connectivity index is 1.51. The molecule has 0 aromatic heterocycles. The molecule has 0 saturated carbocycles. The number of amides is 8. The van der Waals surface area contributed by atoms with Crippen LogP contribution in [0.2, 0.25) is 16.6 Å². The van der Waals surface area contributed by atoms with Crippen molar-refractivity contribution in [3.8, 4) is 5.75 Å². The Kier molecular flexibility index (Phi) is 29.2. The lowest BCUT2D eigenvalue weighted by Gasteiger charge is -2.42. The number of alkyl carbamates (subject to hydrolysis) is 1. The molecule has 4 aromatic rings. The molecule has 0 spiro atoms. The molecule has 24 nitrogen and oxygen atoms in total. The van der Waals surface area contributed by atoms with Crippen LogP contribution in [0.4, 0.5) is 14.4 Å². The average molecular weight is 1330 g/mol. The summed E-state index contributed by atoms with van der Waals surface area (Å²) in [6.45, 7) is 22.1. The van der Waals surface area contributed by atoms with Crippen molar-refractivity contribution in [3.63, 3.8) is 0 Å². The molecule has 1 aliphatic heterocycles. The second-order valence-electron chi connectivity index (χ2n) is 26.0. The first-order chi connectivity index (χ1) is 44.9. The third-order valence-electron chi connectivity index (χ3n) is 15.4. The molecular formula is C70H95N9O15Si. The molecule has 514 valence electrons. The number of hydrogen-bond acceptors (Lipinski definition) is 15. The predicted molar refractivity (Wildman–Crippen MR) is 362 cm³/mol. The maximum absolute atomic E-state index is 14.9. The largest absolute Gasteiger partial charge is 0.543 e. The summed E-state index contributed by atoms with van der Waals surface area (Å²) in [5, 5.41) is 25.5. The number of carbonyl (C=O) groups is 9. The van der Waals surface area contributed by atoms with Crippen molar-refractivity contribution in [1.82, 2.24) is 36.4 Å². The highest BCUT2D eigenvalue weighted by molar-refractivity contribution is 6.78. The number of ether oxygens (including phenoxy) is 4. The number of allylic oxidation sites excluding steroid dienone is 1. The van der Waals surface area contributed by atoms with E-state index in [0.717, 1.165) is 11.0 Å². The van der Waals surface area contributed by atoms with Gasteiger partial charge in [0.2, 0.25) is 30.1 Å². The van der Waals surface area contributed by atoms with E-state index in [1.54, 1.807) is 139 Å². The second kappa shape index (κ2) is 36.3. The number of aliphatic hydroxyl groups is 1. The maximum atomic E-state index is 14.9. The molecule has 5 atom stereocenters. The van der Waals surface area contributed by atoms with Gasteiger partial charge in [0.15, 0.2) is 6.10 Å². The summed E-state index contributed by atoms with van der Waals surface area (Å²) >= 11 is 0. The van der Waals surface area contributed by atoms with Gasteiger partial charge in [0, 0.05) is 31.3 Å². The molecule has 1 unspecified atom stereocenters. The van der Waals surface area contributed by atoms with Crippen LogP contribution in [0.3, 0.4) is 0 Å². The summed E-state index contributed by atoms with van der Waals surface area (Å²) in [5.74, 6) is -4.12. The quantitative estimate of drug-likeness (QED) is 0.00374. The summed E-state index contributed by atoms with van der Waals surface area (Å²) < 4.78 is 28.7. The Bertz CT molecular complexity index is 3280. The summed E-state index contributed by atoms with van der Waals surface area (Å²) in [7, 11) is -2.34. The van der Waals surface area contributed by atoms with E-state index in [1.807, 2.05) is 24.3 Å². The number of aliphatic imine (C=N–C) groups is 1. The Labute approximate surface area is 558 Å². The van der Waals surface area contributed by atoms with Gasteiger partial charge in [-0.3, -0.25) is 24.0 Å². The van der Waals surface area contributed by atoms with E-state index in [1.165, 1.54) is 11.0 Å². The van der Waals surface area contributed by atoms with Crippen molar-refractivity contribution in [3.05, 3.63) is 155 Å². The molecule has 8 N–H and O–H groups in total. The van der Waals surface area contributed by atoms with Gasteiger partial charge in [0.05, 0.1) is 12.6 Å². The molecular weight excluding hydrogens is 1230 g/mol.